The molecule has 1 aromatic heterocycles. The van der Waals surface area contributed by atoms with Crippen molar-refractivity contribution in [3.63, 3.8) is 0 Å². The number of primary amides is 1. The monoisotopic (exact) mass is 604 g/mol. The van der Waals surface area contributed by atoms with Crippen molar-refractivity contribution in [2.75, 3.05) is 27.3 Å². The topological polar surface area (TPSA) is 180 Å². The number of carbonyl (C=O) groups excluding carboxylic acids is 2. The van der Waals surface area contributed by atoms with Gasteiger partial charge in [0.1, 0.15) is 16.9 Å². The number of carbonyl (C=O) groups is 2. The van der Waals surface area contributed by atoms with Gasteiger partial charge in [-0.05, 0) is 62.9 Å². The Balaban J connectivity index is 1.85. The van der Waals surface area contributed by atoms with Crippen LogP contribution in [-0.2, 0) is 29.1 Å². The Morgan fingerprint density at radius 2 is 1.75 bits per heavy atom. The summed E-state index contributed by atoms with van der Waals surface area (Å²) in [5.41, 5.74) is 22.0. The number of fused-ring (bicyclic) bond motifs is 3. The van der Waals surface area contributed by atoms with E-state index in [0.717, 1.165) is 33.5 Å². The first-order valence-electron chi connectivity index (χ1n) is 14.3. The fourth-order valence-electron chi connectivity index (χ4n) is 5.40. The van der Waals surface area contributed by atoms with Crippen molar-refractivity contribution in [3.8, 4) is 22.8 Å². The molecule has 234 valence electrons. The van der Waals surface area contributed by atoms with Crippen molar-refractivity contribution in [1.82, 2.24) is 25.3 Å². The van der Waals surface area contributed by atoms with Crippen LogP contribution in [0.2, 0.25) is 0 Å². The van der Waals surface area contributed by atoms with E-state index in [1.807, 2.05) is 58.0 Å². The van der Waals surface area contributed by atoms with E-state index in [-0.39, 0.29) is 24.5 Å². The highest BCUT2D eigenvalue weighted by Gasteiger charge is 2.23. The van der Waals surface area contributed by atoms with Crippen LogP contribution in [0.3, 0.4) is 0 Å². The quantitative estimate of drug-likeness (QED) is 0.158. The van der Waals surface area contributed by atoms with Gasteiger partial charge in [-0.3, -0.25) is 18.7 Å². The van der Waals surface area contributed by atoms with Gasteiger partial charge in [-0.1, -0.05) is 17.7 Å². The van der Waals surface area contributed by atoms with Crippen molar-refractivity contribution >= 4 is 17.5 Å². The molecule has 2 amide bonds. The van der Waals surface area contributed by atoms with E-state index >= 15 is 0 Å². The summed E-state index contributed by atoms with van der Waals surface area (Å²) in [5, 5.41) is 2.70. The van der Waals surface area contributed by atoms with Gasteiger partial charge in [-0.25, -0.2) is 15.2 Å². The Kier molecular flexibility index (Phi) is 9.79. The maximum absolute atomic E-state index is 14.1. The van der Waals surface area contributed by atoms with Crippen LogP contribution in [-0.4, -0.2) is 48.3 Å². The number of hydrogen-bond acceptors (Lipinski definition) is 9. The van der Waals surface area contributed by atoms with E-state index in [9.17, 15) is 14.4 Å². The predicted octanol–water partition coefficient (Wildman–Crippen LogP) is 0.934. The van der Waals surface area contributed by atoms with Crippen molar-refractivity contribution in [2.24, 2.45) is 16.5 Å². The van der Waals surface area contributed by atoms with Crippen LogP contribution in [0.4, 0.5) is 5.69 Å². The lowest BCUT2D eigenvalue weighted by atomic mass is 9.97. The number of hydrazine groups is 1. The molecule has 0 spiro atoms. The summed E-state index contributed by atoms with van der Waals surface area (Å²) in [6, 6.07) is 9.84. The van der Waals surface area contributed by atoms with Gasteiger partial charge < -0.3 is 31.7 Å². The zero-order chi connectivity index (χ0) is 32.1. The van der Waals surface area contributed by atoms with E-state index in [2.05, 4.69) is 16.2 Å². The first-order valence-corrected chi connectivity index (χ1v) is 14.3. The lowest BCUT2D eigenvalue weighted by Crippen LogP contribution is -2.46. The molecule has 13 nitrogen and oxygen atoms in total. The molecular formula is C31H40N8O5. The lowest BCUT2D eigenvalue weighted by molar-refractivity contribution is -0.119. The van der Waals surface area contributed by atoms with Crippen LogP contribution in [0.25, 0.3) is 11.3 Å². The van der Waals surface area contributed by atoms with Crippen molar-refractivity contribution in [1.29, 1.82) is 0 Å². The lowest BCUT2D eigenvalue weighted by Gasteiger charge is -2.25. The third-order valence-corrected chi connectivity index (χ3v) is 7.36. The average molecular weight is 605 g/mol. The van der Waals surface area contributed by atoms with Crippen LogP contribution < -0.4 is 48.3 Å². The molecule has 1 aliphatic rings. The van der Waals surface area contributed by atoms with Gasteiger partial charge in [0.15, 0.2) is 11.5 Å². The first kappa shape index (κ1) is 31.9. The minimum atomic E-state index is -0.949. The molecule has 2 aromatic carbocycles. The number of ether oxygens (including phenoxy) is 2. The molecule has 3 aromatic rings. The number of aryl methyl sites for hydroxylation is 4. The number of methoxy groups -OCH3 is 1. The molecule has 44 heavy (non-hydrogen) atoms. The second-order valence-corrected chi connectivity index (χ2v) is 10.5. The molecule has 0 fully saturated rings. The van der Waals surface area contributed by atoms with Gasteiger partial charge in [0.2, 0.25) is 0 Å². The molecule has 7 N–H and O–H groups in total. The number of nitrogens with two attached hydrogens (primary N) is 2. The summed E-state index contributed by atoms with van der Waals surface area (Å²) in [5.74, 6) is -0.385. The summed E-state index contributed by atoms with van der Waals surface area (Å²) in [6.45, 7) is 8.98. The molecule has 0 bridgehead atoms. The van der Waals surface area contributed by atoms with E-state index < -0.39 is 17.5 Å². The molecule has 4 rings (SSSR count). The van der Waals surface area contributed by atoms with Gasteiger partial charge in [0.25, 0.3) is 11.8 Å². The molecule has 2 heterocycles. The molecule has 0 unspecified atom stereocenters. The molecule has 0 saturated carbocycles. The number of nitrogens with zero attached hydrogens (tertiary/aromatic N) is 3. The van der Waals surface area contributed by atoms with Crippen LogP contribution in [0.15, 0.2) is 51.5 Å². The first-order chi connectivity index (χ1) is 21.0. The maximum Gasteiger partial charge on any atom is 0.330 e. The average Bonchev–Trinajstić information content (AvgIpc) is 2.98. The molecule has 1 aliphatic heterocycles. The Morgan fingerprint density at radius 3 is 2.36 bits per heavy atom. The maximum atomic E-state index is 14.1. The molecule has 0 atom stereocenters. The number of benzene rings is 2. The van der Waals surface area contributed by atoms with Crippen LogP contribution in [0, 0.1) is 20.8 Å². The molecule has 0 saturated heterocycles. The number of hydrogen-bond donors (Lipinski definition) is 5. The Hall–Kier alpha value is -5.04. The highest BCUT2D eigenvalue weighted by Crippen LogP contribution is 2.37. The number of aromatic nitrogens is 2. The fraction of sp³-hybridized carbons (Fsp3) is 0.355. The standard InChI is InChI=1S/C31H40N8O5/c1-7-44-24-14-20-8-10-38-22(21(20)15-23(24)43-6)16-25(36-27-18(3)12-17(2)13-19(27)4)39(31(38)42)11-9-35-30(41)28(37-34-5)26(32)29(33)40/h12-16,34,37H,7-11,32H2,1-6H3,(H2,33,40)(H,35,41)/b28-26-,36-25?. The smallest absolute Gasteiger partial charge is 0.330 e. The second-order valence-electron chi connectivity index (χ2n) is 10.5. The van der Waals surface area contributed by atoms with Crippen LogP contribution in [0.1, 0.15) is 29.2 Å². The number of rotatable bonds is 11. The summed E-state index contributed by atoms with van der Waals surface area (Å²) in [6.07, 6.45) is 0.617. The number of amides is 2. The van der Waals surface area contributed by atoms with Gasteiger partial charge in [0, 0.05) is 38.3 Å². The number of nitrogens with one attached hydrogen (secondary N) is 3. The minimum Gasteiger partial charge on any atom is -0.493 e. The molecule has 13 heteroatoms. The Bertz CT molecular complexity index is 1750. The molecule has 0 aliphatic carbocycles. The van der Waals surface area contributed by atoms with E-state index in [1.165, 1.54) is 11.6 Å². The zero-order valence-electron chi connectivity index (χ0n) is 26.0. The summed E-state index contributed by atoms with van der Waals surface area (Å²) in [7, 11) is 3.10. The highest BCUT2D eigenvalue weighted by atomic mass is 16.5. The Labute approximate surface area is 255 Å². The molecular weight excluding hydrogens is 564 g/mol. The third kappa shape index (κ3) is 6.47. The fourth-order valence-corrected chi connectivity index (χ4v) is 5.40. The second kappa shape index (κ2) is 13.5. The Morgan fingerprint density at radius 1 is 1.05 bits per heavy atom. The minimum absolute atomic E-state index is 0.0372. The third-order valence-electron chi connectivity index (χ3n) is 7.36. The SMILES string of the molecule is CCOc1cc2c(cc1OC)-c1cc(=Nc3c(C)cc(C)cc3C)n(CCNC(=O)/C(NNC)=C(/N)C(N)=O)c(=O)n1CC2. The van der Waals surface area contributed by atoms with Crippen LogP contribution >= 0.6 is 0 Å². The van der Waals surface area contributed by atoms with E-state index in [0.29, 0.717) is 42.3 Å². The van der Waals surface area contributed by atoms with Gasteiger partial charge in [-0.2, -0.15) is 0 Å². The normalized spacial score (nSPS) is 13.0. The van der Waals surface area contributed by atoms with Crippen LogP contribution in [0.5, 0.6) is 11.5 Å². The van der Waals surface area contributed by atoms with Gasteiger partial charge in [-0.15, -0.1) is 0 Å². The van der Waals surface area contributed by atoms with E-state index in [4.69, 9.17) is 25.9 Å². The van der Waals surface area contributed by atoms with Crippen molar-refractivity contribution in [2.45, 2.75) is 47.2 Å². The predicted molar refractivity (Wildman–Crippen MR) is 167 cm³/mol. The van der Waals surface area contributed by atoms with E-state index in [1.54, 1.807) is 11.7 Å². The highest BCUT2D eigenvalue weighted by molar-refractivity contribution is 6.03. The molecule has 0 radical (unpaired) electrons. The van der Waals surface area contributed by atoms with Gasteiger partial charge in [0.05, 0.1) is 25.1 Å². The largest absolute Gasteiger partial charge is 0.493 e. The van der Waals surface area contributed by atoms with Gasteiger partial charge >= 0.3 is 5.69 Å². The summed E-state index contributed by atoms with van der Waals surface area (Å²) >= 11 is 0. The summed E-state index contributed by atoms with van der Waals surface area (Å²) in [4.78, 5) is 43.5. The van der Waals surface area contributed by atoms with Crippen molar-refractivity contribution in [3.05, 3.63) is 80.0 Å². The van der Waals surface area contributed by atoms with Crippen molar-refractivity contribution < 1.29 is 19.1 Å². The zero-order valence-corrected chi connectivity index (χ0v) is 26.0. The summed E-state index contributed by atoms with van der Waals surface area (Å²) < 4.78 is 14.6.